The van der Waals surface area contributed by atoms with Crippen LogP contribution in [-0.4, -0.2) is 55.6 Å². The van der Waals surface area contributed by atoms with Crippen molar-refractivity contribution in [2.24, 2.45) is 0 Å². The highest BCUT2D eigenvalue weighted by Crippen LogP contribution is 2.23. The number of carbonyl (C=O) groups is 1. The summed E-state index contributed by atoms with van der Waals surface area (Å²) >= 11 is 12.0. The van der Waals surface area contributed by atoms with Crippen molar-refractivity contribution in [3.63, 3.8) is 0 Å². The van der Waals surface area contributed by atoms with Gasteiger partial charge in [0.15, 0.2) is 0 Å². The topological polar surface area (TPSA) is 32.8 Å². The standard InChI is InChI=1S/C15H20Cl2N2O2/c1-21-15(20)4-5-18-6-8-19(9-7-18)11-12-2-3-13(16)14(17)10-12/h2-3,10H,4-9,11H2,1H3. The first kappa shape index (κ1) is 16.6. The molecule has 0 aliphatic carbocycles. The Morgan fingerprint density at radius 3 is 2.43 bits per heavy atom. The van der Waals surface area contributed by atoms with E-state index in [0.29, 0.717) is 16.5 Å². The van der Waals surface area contributed by atoms with Crippen molar-refractivity contribution < 1.29 is 9.53 Å². The van der Waals surface area contributed by atoms with E-state index >= 15 is 0 Å². The summed E-state index contributed by atoms with van der Waals surface area (Å²) in [6.45, 7) is 5.56. The SMILES string of the molecule is COC(=O)CCN1CCN(Cc2ccc(Cl)c(Cl)c2)CC1. The van der Waals surface area contributed by atoms with Crippen molar-refractivity contribution in [2.75, 3.05) is 39.8 Å². The van der Waals surface area contributed by atoms with Gasteiger partial charge in [-0.2, -0.15) is 0 Å². The zero-order valence-electron chi connectivity index (χ0n) is 12.1. The Morgan fingerprint density at radius 1 is 1.14 bits per heavy atom. The molecular formula is C15H20Cl2N2O2. The van der Waals surface area contributed by atoms with Gasteiger partial charge in [-0.1, -0.05) is 29.3 Å². The first-order valence-corrected chi connectivity index (χ1v) is 7.79. The number of hydrogen-bond acceptors (Lipinski definition) is 4. The van der Waals surface area contributed by atoms with Gasteiger partial charge in [0.25, 0.3) is 0 Å². The van der Waals surface area contributed by atoms with Gasteiger partial charge in [0.1, 0.15) is 0 Å². The third-order valence-electron chi connectivity index (χ3n) is 3.71. The first-order valence-electron chi connectivity index (χ1n) is 7.04. The number of carbonyl (C=O) groups excluding carboxylic acids is 1. The number of esters is 1. The Morgan fingerprint density at radius 2 is 1.81 bits per heavy atom. The largest absolute Gasteiger partial charge is 0.469 e. The summed E-state index contributed by atoms with van der Waals surface area (Å²) in [5, 5.41) is 1.19. The Bertz CT molecular complexity index is 489. The molecule has 1 aromatic rings. The van der Waals surface area contributed by atoms with Gasteiger partial charge in [-0.25, -0.2) is 0 Å². The van der Waals surface area contributed by atoms with Crippen LogP contribution in [0.25, 0.3) is 0 Å². The maximum Gasteiger partial charge on any atom is 0.306 e. The number of hydrogen-bond donors (Lipinski definition) is 0. The normalized spacial score (nSPS) is 16.9. The van der Waals surface area contributed by atoms with E-state index in [0.717, 1.165) is 39.3 Å². The van der Waals surface area contributed by atoms with Crippen molar-refractivity contribution in [3.8, 4) is 0 Å². The number of halogens is 2. The fourth-order valence-electron chi connectivity index (χ4n) is 2.42. The number of nitrogens with zero attached hydrogens (tertiary/aromatic N) is 2. The van der Waals surface area contributed by atoms with E-state index < -0.39 is 0 Å². The van der Waals surface area contributed by atoms with E-state index in [4.69, 9.17) is 23.2 Å². The van der Waals surface area contributed by atoms with Crippen LogP contribution in [0.2, 0.25) is 10.0 Å². The molecule has 2 rings (SSSR count). The number of rotatable bonds is 5. The predicted octanol–water partition coefficient (Wildman–Crippen LogP) is 2.67. The van der Waals surface area contributed by atoms with Gasteiger partial charge in [-0.3, -0.25) is 9.69 Å². The Hall–Kier alpha value is -0.810. The van der Waals surface area contributed by atoms with Gasteiger partial charge >= 0.3 is 5.97 Å². The molecule has 6 heteroatoms. The zero-order chi connectivity index (χ0) is 15.2. The van der Waals surface area contributed by atoms with Gasteiger partial charge in [-0.05, 0) is 17.7 Å². The van der Waals surface area contributed by atoms with E-state index in [1.165, 1.54) is 12.7 Å². The molecule has 1 aliphatic rings. The van der Waals surface area contributed by atoms with Crippen LogP contribution in [0.4, 0.5) is 0 Å². The van der Waals surface area contributed by atoms with E-state index in [9.17, 15) is 4.79 Å². The van der Waals surface area contributed by atoms with E-state index in [2.05, 4.69) is 14.5 Å². The second kappa shape index (κ2) is 7.99. The molecule has 21 heavy (non-hydrogen) atoms. The molecule has 1 heterocycles. The third-order valence-corrected chi connectivity index (χ3v) is 4.45. The molecule has 1 saturated heterocycles. The first-order chi connectivity index (χ1) is 10.1. The number of piperazine rings is 1. The van der Waals surface area contributed by atoms with Crippen LogP contribution in [0.3, 0.4) is 0 Å². The molecule has 0 unspecified atom stereocenters. The van der Waals surface area contributed by atoms with E-state index in [-0.39, 0.29) is 5.97 Å². The molecule has 0 aromatic heterocycles. The van der Waals surface area contributed by atoms with Crippen LogP contribution in [0, 0.1) is 0 Å². The molecule has 0 radical (unpaired) electrons. The molecular weight excluding hydrogens is 311 g/mol. The molecule has 1 fully saturated rings. The fraction of sp³-hybridized carbons (Fsp3) is 0.533. The fourth-order valence-corrected chi connectivity index (χ4v) is 2.74. The molecule has 116 valence electrons. The molecule has 4 nitrogen and oxygen atoms in total. The summed E-state index contributed by atoms with van der Waals surface area (Å²) in [4.78, 5) is 15.8. The molecule has 1 aromatic carbocycles. The average molecular weight is 331 g/mol. The molecule has 0 amide bonds. The Labute approximate surface area is 135 Å². The monoisotopic (exact) mass is 330 g/mol. The highest BCUT2D eigenvalue weighted by Gasteiger charge is 2.17. The summed E-state index contributed by atoms with van der Waals surface area (Å²) in [6.07, 6.45) is 0.462. The van der Waals surface area contributed by atoms with E-state index in [1.807, 2.05) is 18.2 Å². The van der Waals surface area contributed by atoms with E-state index in [1.54, 1.807) is 0 Å². The summed E-state index contributed by atoms with van der Waals surface area (Å²) in [7, 11) is 1.43. The molecule has 0 spiro atoms. The highest BCUT2D eigenvalue weighted by molar-refractivity contribution is 6.42. The number of methoxy groups -OCH3 is 1. The minimum atomic E-state index is -0.145. The minimum Gasteiger partial charge on any atom is -0.469 e. The van der Waals surface area contributed by atoms with Crippen LogP contribution in [0.5, 0.6) is 0 Å². The molecule has 1 aliphatic heterocycles. The second-order valence-corrected chi connectivity index (χ2v) is 6.01. The van der Waals surface area contributed by atoms with Crippen molar-refractivity contribution in [2.45, 2.75) is 13.0 Å². The van der Waals surface area contributed by atoms with Gasteiger partial charge in [0, 0.05) is 39.3 Å². The Balaban J connectivity index is 1.76. The third kappa shape index (κ3) is 5.15. The smallest absolute Gasteiger partial charge is 0.306 e. The van der Waals surface area contributed by atoms with Crippen LogP contribution >= 0.6 is 23.2 Å². The van der Waals surface area contributed by atoms with Crippen molar-refractivity contribution >= 4 is 29.2 Å². The zero-order valence-corrected chi connectivity index (χ0v) is 13.7. The summed E-state index contributed by atoms with van der Waals surface area (Å²) in [5.74, 6) is -0.145. The average Bonchev–Trinajstić information content (AvgIpc) is 2.50. The predicted molar refractivity (Wildman–Crippen MR) is 84.8 cm³/mol. The molecule has 0 bridgehead atoms. The van der Waals surface area contributed by atoms with Crippen LogP contribution in [0.1, 0.15) is 12.0 Å². The van der Waals surface area contributed by atoms with Crippen molar-refractivity contribution in [1.82, 2.24) is 9.80 Å². The molecule has 0 atom stereocenters. The van der Waals surface area contributed by atoms with Crippen LogP contribution in [-0.2, 0) is 16.1 Å². The lowest BCUT2D eigenvalue weighted by molar-refractivity contribution is -0.141. The molecule has 0 N–H and O–H groups in total. The van der Waals surface area contributed by atoms with Crippen LogP contribution < -0.4 is 0 Å². The summed E-state index contributed by atoms with van der Waals surface area (Å²) in [5.41, 5.74) is 1.17. The summed E-state index contributed by atoms with van der Waals surface area (Å²) < 4.78 is 4.66. The van der Waals surface area contributed by atoms with Gasteiger partial charge in [0.2, 0.25) is 0 Å². The summed E-state index contributed by atoms with van der Waals surface area (Å²) in [6, 6.07) is 5.77. The Kier molecular flexibility index (Phi) is 6.30. The minimum absolute atomic E-state index is 0.145. The lowest BCUT2D eigenvalue weighted by Gasteiger charge is -2.34. The van der Waals surface area contributed by atoms with Gasteiger partial charge in [-0.15, -0.1) is 0 Å². The number of benzene rings is 1. The highest BCUT2D eigenvalue weighted by atomic mass is 35.5. The van der Waals surface area contributed by atoms with Crippen molar-refractivity contribution in [1.29, 1.82) is 0 Å². The second-order valence-electron chi connectivity index (χ2n) is 5.19. The van der Waals surface area contributed by atoms with Gasteiger partial charge < -0.3 is 9.64 Å². The maximum atomic E-state index is 11.1. The lowest BCUT2D eigenvalue weighted by Crippen LogP contribution is -2.46. The maximum absolute atomic E-state index is 11.1. The quantitative estimate of drug-likeness (QED) is 0.777. The molecule has 0 saturated carbocycles. The lowest BCUT2D eigenvalue weighted by atomic mass is 10.2. The number of ether oxygens (including phenoxy) is 1. The van der Waals surface area contributed by atoms with Crippen molar-refractivity contribution in [3.05, 3.63) is 33.8 Å². The van der Waals surface area contributed by atoms with Gasteiger partial charge in [0.05, 0.1) is 23.6 Å². The van der Waals surface area contributed by atoms with Crippen LogP contribution in [0.15, 0.2) is 18.2 Å².